The molecule has 2 aromatic carbocycles. The van der Waals surface area contributed by atoms with Crippen LogP contribution < -0.4 is 16.0 Å². The van der Waals surface area contributed by atoms with Gasteiger partial charge in [0.15, 0.2) is 0 Å². The highest BCUT2D eigenvalue weighted by Crippen LogP contribution is 2.24. The van der Waals surface area contributed by atoms with Gasteiger partial charge in [-0.1, -0.05) is 29.8 Å². The van der Waals surface area contributed by atoms with E-state index in [9.17, 15) is 4.39 Å². The molecule has 0 fully saturated rings. The van der Waals surface area contributed by atoms with Gasteiger partial charge in [0.1, 0.15) is 11.6 Å². The summed E-state index contributed by atoms with van der Waals surface area (Å²) in [6.45, 7) is 0. The smallest absolute Gasteiger partial charge is 0.131 e. The van der Waals surface area contributed by atoms with E-state index in [1.807, 2.05) is 12.1 Å². The first kappa shape index (κ1) is 14.8. The van der Waals surface area contributed by atoms with Gasteiger partial charge >= 0.3 is 0 Å². The summed E-state index contributed by atoms with van der Waals surface area (Å²) >= 11 is 5.84. The fourth-order valence-corrected chi connectivity index (χ4v) is 2.16. The Balaban J connectivity index is 2.21. The summed E-state index contributed by atoms with van der Waals surface area (Å²) in [5.74, 6) is 5.68. The molecule has 0 saturated heterocycles. The summed E-state index contributed by atoms with van der Waals surface area (Å²) in [6, 6.07) is 11.8. The van der Waals surface area contributed by atoms with Crippen molar-refractivity contribution in [1.29, 1.82) is 0 Å². The zero-order chi connectivity index (χ0) is 14.5. The number of nitrogens with two attached hydrogens (primary N) is 1. The monoisotopic (exact) mass is 294 g/mol. The van der Waals surface area contributed by atoms with Gasteiger partial charge in [-0.15, -0.1) is 0 Å². The second-order valence-electron chi connectivity index (χ2n) is 4.44. The van der Waals surface area contributed by atoms with Crippen molar-refractivity contribution in [3.8, 4) is 5.75 Å². The Labute approximate surface area is 122 Å². The molecule has 20 heavy (non-hydrogen) atoms. The molecule has 0 heterocycles. The summed E-state index contributed by atoms with van der Waals surface area (Å²) in [5, 5.41) is 0.668. The third kappa shape index (κ3) is 3.48. The van der Waals surface area contributed by atoms with Crippen LogP contribution in [0.4, 0.5) is 4.39 Å². The van der Waals surface area contributed by atoms with Gasteiger partial charge in [0.05, 0.1) is 13.2 Å². The molecule has 106 valence electrons. The van der Waals surface area contributed by atoms with Gasteiger partial charge < -0.3 is 4.74 Å². The summed E-state index contributed by atoms with van der Waals surface area (Å²) in [7, 11) is 1.50. The summed E-state index contributed by atoms with van der Waals surface area (Å²) in [6.07, 6.45) is 0.566. The lowest BCUT2D eigenvalue weighted by Crippen LogP contribution is -2.30. The minimum absolute atomic E-state index is 0.318. The van der Waals surface area contributed by atoms with Crippen molar-refractivity contribution in [3.05, 3.63) is 64.4 Å². The average Bonchev–Trinajstić information content (AvgIpc) is 2.47. The third-order valence-electron chi connectivity index (χ3n) is 3.14. The molecular formula is C15H16ClFN2O. The van der Waals surface area contributed by atoms with Crippen molar-refractivity contribution in [2.75, 3.05) is 7.11 Å². The SMILES string of the molecule is COc1ccc(C(Cc2ccc(Cl)cc2)NN)c(F)c1. The maximum atomic E-state index is 14.0. The highest BCUT2D eigenvalue weighted by atomic mass is 35.5. The first-order chi connectivity index (χ1) is 9.63. The quantitative estimate of drug-likeness (QED) is 0.657. The molecule has 0 radical (unpaired) electrons. The van der Waals surface area contributed by atoms with Crippen molar-refractivity contribution in [2.45, 2.75) is 12.5 Å². The molecular weight excluding hydrogens is 279 g/mol. The normalized spacial score (nSPS) is 12.2. The predicted octanol–water partition coefficient (Wildman–Crippen LogP) is 3.23. The predicted molar refractivity (Wildman–Crippen MR) is 78.2 cm³/mol. The molecule has 3 N–H and O–H groups in total. The molecule has 3 nitrogen and oxygen atoms in total. The van der Waals surface area contributed by atoms with Crippen molar-refractivity contribution in [1.82, 2.24) is 5.43 Å². The molecule has 1 unspecified atom stereocenters. The van der Waals surface area contributed by atoms with Gasteiger partial charge in [0.25, 0.3) is 0 Å². The Morgan fingerprint density at radius 3 is 2.50 bits per heavy atom. The van der Waals surface area contributed by atoms with Crippen LogP contribution in [0, 0.1) is 5.82 Å². The van der Waals surface area contributed by atoms with E-state index in [0.29, 0.717) is 22.8 Å². The molecule has 2 rings (SSSR count). The third-order valence-corrected chi connectivity index (χ3v) is 3.39. The number of hydrogen-bond donors (Lipinski definition) is 2. The van der Waals surface area contributed by atoms with E-state index in [0.717, 1.165) is 5.56 Å². The first-order valence-corrected chi connectivity index (χ1v) is 6.56. The van der Waals surface area contributed by atoms with Crippen molar-refractivity contribution in [3.63, 3.8) is 0 Å². The van der Waals surface area contributed by atoms with Crippen molar-refractivity contribution >= 4 is 11.6 Å². The topological polar surface area (TPSA) is 47.3 Å². The molecule has 5 heteroatoms. The lowest BCUT2D eigenvalue weighted by molar-refractivity contribution is 0.409. The fraction of sp³-hybridized carbons (Fsp3) is 0.200. The van der Waals surface area contributed by atoms with Gasteiger partial charge in [0.2, 0.25) is 0 Å². The summed E-state index contributed by atoms with van der Waals surface area (Å²) in [4.78, 5) is 0. The molecule has 0 spiro atoms. The number of rotatable bonds is 5. The second kappa shape index (κ2) is 6.70. The first-order valence-electron chi connectivity index (χ1n) is 6.18. The van der Waals surface area contributed by atoms with Crippen LogP contribution >= 0.6 is 11.6 Å². The Morgan fingerprint density at radius 2 is 1.95 bits per heavy atom. The van der Waals surface area contributed by atoms with E-state index in [1.54, 1.807) is 24.3 Å². The van der Waals surface area contributed by atoms with Crippen LogP contribution in [0.15, 0.2) is 42.5 Å². The molecule has 0 aromatic heterocycles. The minimum atomic E-state index is -0.346. The van der Waals surface area contributed by atoms with Crippen LogP contribution in [-0.4, -0.2) is 7.11 Å². The molecule has 0 aliphatic rings. The highest BCUT2D eigenvalue weighted by Gasteiger charge is 2.15. The minimum Gasteiger partial charge on any atom is -0.497 e. The number of hydrogen-bond acceptors (Lipinski definition) is 3. The standard InChI is InChI=1S/C15H16ClFN2O/c1-20-12-6-7-13(14(17)9-12)15(19-18)8-10-2-4-11(16)5-3-10/h2-7,9,15,19H,8,18H2,1H3. The largest absolute Gasteiger partial charge is 0.497 e. The average molecular weight is 295 g/mol. The van der Waals surface area contributed by atoms with Crippen LogP contribution in [0.25, 0.3) is 0 Å². The highest BCUT2D eigenvalue weighted by molar-refractivity contribution is 6.30. The molecule has 0 aliphatic heterocycles. The zero-order valence-corrected chi connectivity index (χ0v) is 11.8. The van der Waals surface area contributed by atoms with E-state index in [2.05, 4.69) is 5.43 Å². The number of hydrazine groups is 1. The van der Waals surface area contributed by atoms with Crippen LogP contribution in [0.5, 0.6) is 5.75 Å². The molecule has 0 amide bonds. The lowest BCUT2D eigenvalue weighted by Gasteiger charge is -2.17. The maximum absolute atomic E-state index is 14.0. The van der Waals surface area contributed by atoms with E-state index < -0.39 is 0 Å². The number of methoxy groups -OCH3 is 1. The Bertz CT molecular complexity index is 575. The van der Waals surface area contributed by atoms with Crippen molar-refractivity contribution < 1.29 is 9.13 Å². The molecule has 0 aliphatic carbocycles. The van der Waals surface area contributed by atoms with E-state index >= 15 is 0 Å². The molecule has 2 aromatic rings. The van der Waals surface area contributed by atoms with Crippen LogP contribution in [0.2, 0.25) is 5.02 Å². The van der Waals surface area contributed by atoms with E-state index in [-0.39, 0.29) is 11.9 Å². The van der Waals surface area contributed by atoms with Gasteiger partial charge in [-0.2, -0.15) is 0 Å². The maximum Gasteiger partial charge on any atom is 0.131 e. The number of benzene rings is 2. The number of halogens is 2. The molecule has 0 saturated carbocycles. The fourth-order valence-electron chi connectivity index (χ4n) is 2.03. The van der Waals surface area contributed by atoms with Gasteiger partial charge in [0, 0.05) is 16.7 Å². The van der Waals surface area contributed by atoms with Gasteiger partial charge in [-0.3, -0.25) is 11.3 Å². The summed E-state index contributed by atoms with van der Waals surface area (Å²) < 4.78 is 19.0. The Morgan fingerprint density at radius 1 is 1.25 bits per heavy atom. The number of ether oxygens (including phenoxy) is 1. The lowest BCUT2D eigenvalue weighted by atomic mass is 9.99. The molecule has 1 atom stereocenters. The van der Waals surface area contributed by atoms with E-state index in [4.69, 9.17) is 22.2 Å². The zero-order valence-electron chi connectivity index (χ0n) is 11.1. The Kier molecular flexibility index (Phi) is 4.95. The van der Waals surface area contributed by atoms with Crippen LogP contribution in [0.1, 0.15) is 17.2 Å². The van der Waals surface area contributed by atoms with Crippen LogP contribution in [0.3, 0.4) is 0 Å². The summed E-state index contributed by atoms with van der Waals surface area (Å²) in [5.41, 5.74) is 4.17. The van der Waals surface area contributed by atoms with Gasteiger partial charge in [-0.25, -0.2) is 4.39 Å². The number of nitrogens with one attached hydrogen (secondary N) is 1. The van der Waals surface area contributed by atoms with Gasteiger partial charge in [-0.05, 0) is 30.2 Å². The second-order valence-corrected chi connectivity index (χ2v) is 4.87. The van der Waals surface area contributed by atoms with E-state index in [1.165, 1.54) is 13.2 Å². The molecule has 0 bridgehead atoms. The van der Waals surface area contributed by atoms with Crippen molar-refractivity contribution in [2.24, 2.45) is 5.84 Å². The Hall–Kier alpha value is -1.62. The van der Waals surface area contributed by atoms with Crippen LogP contribution in [-0.2, 0) is 6.42 Å².